The fourth-order valence-corrected chi connectivity index (χ4v) is 8.22. The van der Waals surface area contributed by atoms with Crippen molar-refractivity contribution in [2.45, 2.75) is 64.8 Å². The number of fused-ring (bicyclic) bond motifs is 5. The Morgan fingerprint density at radius 2 is 1.91 bits per heavy atom. The van der Waals surface area contributed by atoms with Crippen LogP contribution in [0.3, 0.4) is 0 Å². The minimum absolute atomic E-state index is 0.0766. The highest BCUT2D eigenvalue weighted by Crippen LogP contribution is 2.65. The summed E-state index contributed by atoms with van der Waals surface area (Å²) in [5.74, 6) is 2.66. The van der Waals surface area contributed by atoms with Gasteiger partial charge in [-0.1, -0.05) is 32.1 Å². The minimum Gasteiger partial charge on any atom is -0.397 e. The predicted octanol–water partition coefficient (Wildman–Crippen LogP) is 4.85. The van der Waals surface area contributed by atoms with Crippen LogP contribution in [0.5, 0.6) is 0 Å². The fraction of sp³-hybridized carbons (Fsp3) is 0.630. The molecule has 32 heavy (non-hydrogen) atoms. The van der Waals surface area contributed by atoms with E-state index in [1.807, 2.05) is 42.3 Å². The number of hydrogen-bond donors (Lipinski definition) is 2. The second-order valence-electron chi connectivity index (χ2n) is 11.3. The van der Waals surface area contributed by atoms with E-state index in [1.54, 1.807) is 0 Å². The maximum Gasteiger partial charge on any atom is 0.246 e. The Hall–Kier alpha value is -2.30. The van der Waals surface area contributed by atoms with Gasteiger partial charge < -0.3 is 16.0 Å². The summed E-state index contributed by atoms with van der Waals surface area (Å²) in [6, 6.07) is 7.81. The number of para-hydroxylation sites is 2. The van der Waals surface area contributed by atoms with Gasteiger partial charge in [0.15, 0.2) is 0 Å². The molecule has 0 radical (unpaired) electrons. The van der Waals surface area contributed by atoms with E-state index in [9.17, 15) is 9.59 Å². The lowest BCUT2D eigenvalue weighted by Gasteiger charge is -2.60. The smallest absolute Gasteiger partial charge is 0.246 e. The molecule has 4 aliphatic rings. The number of likely N-dealkylation sites (N-methyl/N-ethyl adjacent to an activating group) is 1. The molecule has 1 aromatic carbocycles. The van der Waals surface area contributed by atoms with Crippen molar-refractivity contribution < 1.29 is 9.59 Å². The van der Waals surface area contributed by atoms with Gasteiger partial charge in [-0.25, -0.2) is 0 Å². The average molecular weight is 436 g/mol. The van der Waals surface area contributed by atoms with Gasteiger partial charge in [0.05, 0.1) is 11.4 Å². The van der Waals surface area contributed by atoms with Crippen molar-refractivity contribution in [1.29, 1.82) is 0 Å². The maximum absolute atomic E-state index is 12.9. The number of carbonyl (C=O) groups excluding carboxylic acids is 2. The SMILES string of the molecule is CN1C(=O)C=C[C@]2(C)C3CC[C@@]4(C)C(CC[C@@H]4CC(=O)Nc4ccccc4N)C3CCC12. The van der Waals surface area contributed by atoms with E-state index in [-0.39, 0.29) is 22.6 Å². The van der Waals surface area contributed by atoms with Crippen LogP contribution in [-0.4, -0.2) is 29.8 Å². The Bertz CT molecular complexity index is 958. The van der Waals surface area contributed by atoms with Gasteiger partial charge >= 0.3 is 0 Å². The molecule has 0 aromatic heterocycles. The molecule has 1 heterocycles. The average Bonchev–Trinajstić information content (AvgIpc) is 3.09. The first kappa shape index (κ1) is 21.5. The lowest BCUT2D eigenvalue weighted by Crippen LogP contribution is -2.59. The zero-order chi connectivity index (χ0) is 22.7. The van der Waals surface area contributed by atoms with Gasteiger partial charge in [-0.15, -0.1) is 0 Å². The van der Waals surface area contributed by atoms with Gasteiger partial charge in [0, 0.05) is 24.9 Å². The molecule has 3 aliphatic carbocycles. The fourth-order valence-electron chi connectivity index (χ4n) is 8.22. The highest BCUT2D eigenvalue weighted by molar-refractivity contribution is 5.94. The first-order chi connectivity index (χ1) is 15.2. The first-order valence-corrected chi connectivity index (χ1v) is 12.3. The Morgan fingerprint density at radius 1 is 1.12 bits per heavy atom. The molecule has 5 nitrogen and oxygen atoms in total. The van der Waals surface area contributed by atoms with Gasteiger partial charge in [0.2, 0.25) is 11.8 Å². The third-order valence-corrected chi connectivity index (χ3v) is 9.99. The summed E-state index contributed by atoms with van der Waals surface area (Å²) in [5, 5.41) is 3.05. The van der Waals surface area contributed by atoms with E-state index in [4.69, 9.17) is 5.73 Å². The molecule has 3 saturated carbocycles. The molecular formula is C27H37N3O2. The Kier molecular flexibility index (Phi) is 5.14. The van der Waals surface area contributed by atoms with Crippen LogP contribution in [0.4, 0.5) is 11.4 Å². The summed E-state index contributed by atoms with van der Waals surface area (Å²) in [5.41, 5.74) is 7.66. The number of carbonyl (C=O) groups is 2. The van der Waals surface area contributed by atoms with E-state index in [2.05, 4.69) is 25.2 Å². The molecule has 0 spiro atoms. The number of nitrogen functional groups attached to an aromatic ring is 1. The number of amides is 2. The van der Waals surface area contributed by atoms with Crippen molar-refractivity contribution in [2.75, 3.05) is 18.1 Å². The van der Waals surface area contributed by atoms with Crippen LogP contribution in [0.15, 0.2) is 36.4 Å². The van der Waals surface area contributed by atoms with Crippen LogP contribution < -0.4 is 11.1 Å². The van der Waals surface area contributed by atoms with Crippen molar-refractivity contribution in [1.82, 2.24) is 4.90 Å². The van der Waals surface area contributed by atoms with E-state index >= 15 is 0 Å². The maximum atomic E-state index is 12.9. The molecule has 4 unspecified atom stereocenters. The van der Waals surface area contributed by atoms with E-state index < -0.39 is 0 Å². The largest absolute Gasteiger partial charge is 0.397 e. The van der Waals surface area contributed by atoms with Crippen LogP contribution >= 0.6 is 0 Å². The van der Waals surface area contributed by atoms with Crippen LogP contribution in [0, 0.1) is 34.5 Å². The Labute approximate surface area is 191 Å². The second-order valence-corrected chi connectivity index (χ2v) is 11.3. The molecule has 3 N–H and O–H groups in total. The van der Waals surface area contributed by atoms with Gasteiger partial charge in [-0.05, 0) is 85.8 Å². The van der Waals surface area contributed by atoms with Gasteiger partial charge in [0.25, 0.3) is 0 Å². The number of nitrogens with two attached hydrogens (primary N) is 1. The monoisotopic (exact) mass is 435 g/mol. The number of anilines is 2. The number of nitrogens with one attached hydrogen (secondary N) is 1. The summed E-state index contributed by atoms with van der Waals surface area (Å²) in [4.78, 5) is 27.2. The predicted molar refractivity (Wildman–Crippen MR) is 128 cm³/mol. The topological polar surface area (TPSA) is 75.4 Å². The van der Waals surface area contributed by atoms with Crippen LogP contribution in [-0.2, 0) is 9.59 Å². The second kappa shape index (κ2) is 7.64. The zero-order valence-electron chi connectivity index (χ0n) is 19.6. The third kappa shape index (κ3) is 3.19. The van der Waals surface area contributed by atoms with E-state index in [0.717, 1.165) is 18.5 Å². The van der Waals surface area contributed by atoms with E-state index in [1.165, 1.54) is 25.7 Å². The molecule has 5 rings (SSSR count). The van der Waals surface area contributed by atoms with Crippen molar-refractivity contribution >= 4 is 23.2 Å². The van der Waals surface area contributed by atoms with Crippen LogP contribution in [0.25, 0.3) is 0 Å². The molecular weight excluding hydrogens is 398 g/mol. The Balaban J connectivity index is 1.32. The highest BCUT2D eigenvalue weighted by Gasteiger charge is 2.60. The Morgan fingerprint density at radius 3 is 2.69 bits per heavy atom. The number of nitrogens with zero attached hydrogens (tertiary/aromatic N) is 1. The van der Waals surface area contributed by atoms with Crippen LogP contribution in [0.1, 0.15) is 58.8 Å². The molecule has 0 saturated heterocycles. The number of benzene rings is 1. The normalized spacial score (nSPS) is 40.4. The molecule has 1 aliphatic heterocycles. The highest BCUT2D eigenvalue weighted by atomic mass is 16.2. The summed E-state index contributed by atoms with van der Waals surface area (Å²) >= 11 is 0. The number of hydrogen-bond acceptors (Lipinski definition) is 3. The lowest BCUT2D eigenvalue weighted by molar-refractivity contribution is -0.139. The molecule has 3 fully saturated rings. The standard InChI is InChI=1S/C27H37N3O2/c1-26-14-12-20-18(9-11-23-27(20,2)15-13-25(32)30(23)3)19(26)10-8-17(26)16-24(31)29-22-7-5-4-6-21(22)28/h4-7,13,15,17-20,23H,8-12,14,16,28H2,1-3H3,(H,29,31)/t17-,18?,19?,20?,23?,26-,27-/m1/s1. The van der Waals surface area contributed by atoms with Crippen molar-refractivity contribution in [3.05, 3.63) is 36.4 Å². The van der Waals surface area contributed by atoms with Gasteiger partial charge in [0.1, 0.15) is 0 Å². The van der Waals surface area contributed by atoms with Crippen LogP contribution in [0.2, 0.25) is 0 Å². The summed E-state index contributed by atoms with van der Waals surface area (Å²) in [7, 11) is 1.98. The lowest BCUT2D eigenvalue weighted by atomic mass is 9.47. The van der Waals surface area contributed by atoms with Gasteiger partial charge in [-0.2, -0.15) is 0 Å². The molecule has 7 atom stereocenters. The molecule has 172 valence electrons. The zero-order valence-corrected chi connectivity index (χ0v) is 19.6. The van der Waals surface area contributed by atoms with Crippen molar-refractivity contribution in [3.8, 4) is 0 Å². The van der Waals surface area contributed by atoms with Gasteiger partial charge in [-0.3, -0.25) is 9.59 Å². The first-order valence-electron chi connectivity index (χ1n) is 12.3. The van der Waals surface area contributed by atoms with Crippen molar-refractivity contribution in [3.63, 3.8) is 0 Å². The summed E-state index contributed by atoms with van der Waals surface area (Å²) < 4.78 is 0. The number of rotatable bonds is 3. The minimum atomic E-state index is 0.0766. The summed E-state index contributed by atoms with van der Waals surface area (Å²) in [6.45, 7) is 4.84. The third-order valence-electron chi connectivity index (χ3n) is 9.99. The summed E-state index contributed by atoms with van der Waals surface area (Å²) in [6.07, 6.45) is 11.7. The molecule has 1 aromatic rings. The van der Waals surface area contributed by atoms with Crippen molar-refractivity contribution in [2.24, 2.45) is 34.5 Å². The molecule has 5 heteroatoms. The quantitative estimate of drug-likeness (QED) is 0.666. The van der Waals surface area contributed by atoms with E-state index in [0.29, 0.717) is 41.8 Å². The molecule has 0 bridgehead atoms. The molecule has 2 amide bonds.